The van der Waals surface area contributed by atoms with E-state index in [9.17, 15) is 9.50 Å². The van der Waals surface area contributed by atoms with Crippen molar-refractivity contribution in [2.45, 2.75) is 58.5 Å². The lowest BCUT2D eigenvalue weighted by molar-refractivity contribution is 0.0566. The third-order valence-electron chi connectivity index (χ3n) is 5.71. The standard InChI is InChI=1S/C29H34FNO2/c1-3-4-8-19-33-22(2)9-6-5-7-10-27-17-15-26(21-31-27)24-13-11-23(12-14-24)25-16-18-29(32)28(30)20-25/h7,10-18,20-22,32H,3-6,8-9,19H2,1-2H3/b10-7+. The molecule has 1 aromatic heterocycles. The van der Waals surface area contributed by atoms with Crippen LogP contribution in [0.25, 0.3) is 28.3 Å². The second-order valence-corrected chi connectivity index (χ2v) is 8.44. The van der Waals surface area contributed by atoms with Crippen LogP contribution in [-0.2, 0) is 4.74 Å². The van der Waals surface area contributed by atoms with Crippen LogP contribution in [-0.4, -0.2) is 22.8 Å². The Labute approximate surface area is 197 Å². The Bertz CT molecular complexity index is 1010. The van der Waals surface area contributed by atoms with Crippen molar-refractivity contribution in [3.05, 3.63) is 78.4 Å². The highest BCUT2D eigenvalue weighted by atomic mass is 19.1. The number of nitrogens with zero attached hydrogens (tertiary/aromatic N) is 1. The largest absolute Gasteiger partial charge is 0.505 e. The van der Waals surface area contributed by atoms with E-state index < -0.39 is 5.82 Å². The molecule has 0 spiro atoms. The quantitative estimate of drug-likeness (QED) is 0.286. The number of phenolic OH excluding ortho intramolecular Hbond substituents is 1. The Hall–Kier alpha value is -2.98. The zero-order chi connectivity index (χ0) is 23.5. The Morgan fingerprint density at radius 2 is 1.64 bits per heavy atom. The van der Waals surface area contributed by atoms with Gasteiger partial charge in [0.1, 0.15) is 0 Å². The zero-order valence-corrected chi connectivity index (χ0v) is 19.6. The maximum atomic E-state index is 13.6. The van der Waals surface area contributed by atoms with Crippen LogP contribution in [0.4, 0.5) is 4.39 Å². The molecule has 0 saturated heterocycles. The van der Waals surface area contributed by atoms with E-state index in [4.69, 9.17) is 4.74 Å². The fraction of sp³-hybridized carbons (Fsp3) is 0.345. The summed E-state index contributed by atoms with van der Waals surface area (Å²) in [6.45, 7) is 5.24. The summed E-state index contributed by atoms with van der Waals surface area (Å²) in [5, 5.41) is 9.36. The summed E-state index contributed by atoms with van der Waals surface area (Å²) < 4.78 is 19.5. The maximum absolute atomic E-state index is 13.6. The van der Waals surface area contributed by atoms with Crippen molar-refractivity contribution < 1.29 is 14.2 Å². The first-order valence-electron chi connectivity index (χ1n) is 11.9. The molecule has 4 heteroatoms. The van der Waals surface area contributed by atoms with Gasteiger partial charge in [-0.25, -0.2) is 4.39 Å². The lowest BCUT2D eigenvalue weighted by Crippen LogP contribution is -2.08. The number of rotatable bonds is 12. The van der Waals surface area contributed by atoms with E-state index in [1.165, 1.54) is 25.0 Å². The highest BCUT2D eigenvalue weighted by Crippen LogP contribution is 2.27. The summed E-state index contributed by atoms with van der Waals surface area (Å²) >= 11 is 0. The third kappa shape index (κ3) is 7.83. The first-order chi connectivity index (χ1) is 16.1. The molecule has 0 aliphatic heterocycles. The van der Waals surface area contributed by atoms with Crippen LogP contribution in [0.15, 0.2) is 66.9 Å². The van der Waals surface area contributed by atoms with Crippen LogP contribution in [0, 0.1) is 5.82 Å². The van der Waals surface area contributed by atoms with Gasteiger partial charge in [-0.05, 0) is 73.6 Å². The summed E-state index contributed by atoms with van der Waals surface area (Å²) in [6, 6.07) is 16.4. The van der Waals surface area contributed by atoms with Crippen molar-refractivity contribution in [2.24, 2.45) is 0 Å². The van der Waals surface area contributed by atoms with Gasteiger partial charge in [0.2, 0.25) is 0 Å². The highest BCUT2D eigenvalue weighted by Gasteiger charge is 2.05. The third-order valence-corrected chi connectivity index (χ3v) is 5.71. The predicted molar refractivity (Wildman–Crippen MR) is 135 cm³/mol. The molecule has 3 rings (SSSR count). The zero-order valence-electron chi connectivity index (χ0n) is 19.6. The number of hydrogen-bond donors (Lipinski definition) is 1. The fourth-order valence-corrected chi connectivity index (χ4v) is 3.66. The molecule has 0 aliphatic carbocycles. The summed E-state index contributed by atoms with van der Waals surface area (Å²) in [7, 11) is 0. The maximum Gasteiger partial charge on any atom is 0.165 e. The van der Waals surface area contributed by atoms with E-state index in [0.29, 0.717) is 6.10 Å². The van der Waals surface area contributed by atoms with Gasteiger partial charge < -0.3 is 9.84 Å². The molecular weight excluding hydrogens is 413 g/mol. The molecule has 0 aliphatic rings. The normalized spacial score (nSPS) is 12.3. The topological polar surface area (TPSA) is 42.4 Å². The molecule has 0 saturated carbocycles. The van der Waals surface area contributed by atoms with Crippen molar-refractivity contribution >= 4 is 6.08 Å². The molecule has 0 bridgehead atoms. The minimum absolute atomic E-state index is 0.326. The molecule has 1 N–H and O–H groups in total. The van der Waals surface area contributed by atoms with E-state index in [2.05, 4.69) is 37.0 Å². The summed E-state index contributed by atoms with van der Waals surface area (Å²) in [5.74, 6) is -0.952. The molecule has 33 heavy (non-hydrogen) atoms. The van der Waals surface area contributed by atoms with E-state index >= 15 is 0 Å². The second kappa shape index (κ2) is 12.9. The molecule has 0 fully saturated rings. The SMILES string of the molecule is CCCCCOC(C)CCC/C=C/c1ccc(-c2ccc(-c3ccc(O)c(F)c3)cc2)cn1. The van der Waals surface area contributed by atoms with Gasteiger partial charge in [0.15, 0.2) is 11.6 Å². The van der Waals surface area contributed by atoms with Crippen LogP contribution in [0.3, 0.4) is 0 Å². The average Bonchev–Trinajstić information content (AvgIpc) is 2.84. The average molecular weight is 448 g/mol. The van der Waals surface area contributed by atoms with Gasteiger partial charge in [-0.2, -0.15) is 0 Å². The smallest absolute Gasteiger partial charge is 0.165 e. The Morgan fingerprint density at radius 1 is 0.939 bits per heavy atom. The lowest BCUT2D eigenvalue weighted by atomic mass is 10.0. The molecular formula is C29H34FNO2. The van der Waals surface area contributed by atoms with Gasteiger partial charge in [-0.15, -0.1) is 0 Å². The molecule has 0 amide bonds. The minimum Gasteiger partial charge on any atom is -0.505 e. The summed E-state index contributed by atoms with van der Waals surface area (Å²) in [5.41, 5.74) is 4.65. The van der Waals surface area contributed by atoms with E-state index in [1.54, 1.807) is 6.07 Å². The molecule has 174 valence electrons. The number of hydrogen-bond acceptors (Lipinski definition) is 3. The van der Waals surface area contributed by atoms with Crippen LogP contribution >= 0.6 is 0 Å². The van der Waals surface area contributed by atoms with E-state index in [0.717, 1.165) is 60.2 Å². The van der Waals surface area contributed by atoms with E-state index in [1.807, 2.05) is 36.5 Å². The van der Waals surface area contributed by atoms with Crippen LogP contribution < -0.4 is 0 Å². The Kier molecular flexibility index (Phi) is 9.64. The monoisotopic (exact) mass is 447 g/mol. The first-order valence-corrected chi connectivity index (χ1v) is 11.9. The minimum atomic E-state index is -0.616. The molecule has 1 atom stereocenters. The number of benzene rings is 2. The predicted octanol–water partition coefficient (Wildman–Crippen LogP) is 8.04. The number of aromatic nitrogens is 1. The lowest BCUT2D eigenvalue weighted by Gasteiger charge is -2.11. The summed E-state index contributed by atoms with van der Waals surface area (Å²) in [6.07, 6.45) is 13.3. The van der Waals surface area contributed by atoms with Gasteiger partial charge in [0.25, 0.3) is 0 Å². The van der Waals surface area contributed by atoms with Crippen molar-refractivity contribution in [2.75, 3.05) is 6.61 Å². The highest BCUT2D eigenvalue weighted by molar-refractivity contribution is 5.70. The number of halogens is 1. The van der Waals surface area contributed by atoms with Crippen LogP contribution in [0.1, 0.15) is 58.1 Å². The van der Waals surface area contributed by atoms with Crippen molar-refractivity contribution in [1.82, 2.24) is 4.98 Å². The molecule has 3 nitrogen and oxygen atoms in total. The van der Waals surface area contributed by atoms with Crippen molar-refractivity contribution in [3.63, 3.8) is 0 Å². The summed E-state index contributed by atoms with van der Waals surface area (Å²) in [4.78, 5) is 4.56. The number of unbranched alkanes of at least 4 members (excludes halogenated alkanes) is 3. The molecule has 1 unspecified atom stereocenters. The number of aromatic hydroxyl groups is 1. The van der Waals surface area contributed by atoms with Gasteiger partial charge in [0, 0.05) is 18.4 Å². The van der Waals surface area contributed by atoms with Crippen LogP contribution in [0.5, 0.6) is 5.75 Å². The number of ether oxygens (including phenoxy) is 1. The van der Waals surface area contributed by atoms with Crippen molar-refractivity contribution in [3.8, 4) is 28.0 Å². The number of allylic oxidation sites excluding steroid dienone is 1. The number of pyridine rings is 1. The second-order valence-electron chi connectivity index (χ2n) is 8.44. The van der Waals surface area contributed by atoms with Gasteiger partial charge >= 0.3 is 0 Å². The fourth-order valence-electron chi connectivity index (χ4n) is 3.66. The molecule has 1 heterocycles. The number of phenols is 1. The van der Waals surface area contributed by atoms with Crippen LogP contribution in [0.2, 0.25) is 0 Å². The van der Waals surface area contributed by atoms with Gasteiger partial charge in [0.05, 0.1) is 11.8 Å². The Morgan fingerprint density at radius 3 is 2.30 bits per heavy atom. The molecule has 2 aromatic carbocycles. The Balaban J connectivity index is 1.47. The molecule has 0 radical (unpaired) electrons. The van der Waals surface area contributed by atoms with E-state index in [-0.39, 0.29) is 5.75 Å². The van der Waals surface area contributed by atoms with Crippen molar-refractivity contribution in [1.29, 1.82) is 0 Å². The first kappa shape index (κ1) is 24.7. The van der Waals surface area contributed by atoms with Gasteiger partial charge in [-0.1, -0.05) is 62.2 Å². The van der Waals surface area contributed by atoms with Gasteiger partial charge in [-0.3, -0.25) is 4.98 Å². The molecule has 3 aromatic rings.